The number of carbonyl (C=O) groups is 2. The number of benzene rings is 2. The van der Waals surface area contributed by atoms with Crippen molar-refractivity contribution in [2.45, 2.75) is 6.54 Å². The molecular formula is C20H22FIN4O2. The molecule has 0 aromatic heterocycles. The van der Waals surface area contributed by atoms with Crippen molar-refractivity contribution in [1.29, 1.82) is 0 Å². The number of imide groups is 1. The van der Waals surface area contributed by atoms with Gasteiger partial charge in [-0.2, -0.15) is 0 Å². The molecule has 2 amide bonds. The Kier molecular flexibility index (Phi) is 7.50. The third-order valence-corrected chi connectivity index (χ3v) is 4.38. The average Bonchev–Trinajstić information content (AvgIpc) is 2.90. The number of amides is 2. The van der Waals surface area contributed by atoms with Crippen molar-refractivity contribution in [3.8, 4) is 0 Å². The van der Waals surface area contributed by atoms with Crippen molar-refractivity contribution >= 4 is 41.8 Å². The van der Waals surface area contributed by atoms with Gasteiger partial charge in [0.1, 0.15) is 5.82 Å². The van der Waals surface area contributed by atoms with Crippen LogP contribution >= 0.6 is 24.0 Å². The summed E-state index contributed by atoms with van der Waals surface area (Å²) in [6.45, 7) is 1.08. The molecule has 0 aliphatic carbocycles. The van der Waals surface area contributed by atoms with E-state index in [1.807, 2.05) is 18.0 Å². The molecule has 148 valence electrons. The second-order valence-electron chi connectivity index (χ2n) is 6.27. The zero-order chi connectivity index (χ0) is 19.4. The molecule has 0 atom stereocenters. The number of carbonyl (C=O) groups excluding carboxylic acids is 2. The van der Waals surface area contributed by atoms with Crippen LogP contribution in [-0.2, 0) is 6.54 Å². The molecule has 0 fully saturated rings. The van der Waals surface area contributed by atoms with E-state index in [4.69, 9.17) is 0 Å². The minimum atomic E-state index is -0.283. The maximum atomic E-state index is 13.3. The number of halogens is 2. The standard InChI is InChI=1S/C20H21FN4O2.HI/c1-22-20(24(2)13-14-6-5-7-15(21)12-14)23-10-11-25-18(26)16-8-3-4-9-17(16)19(25)27;/h3-9,12H,10-11,13H2,1-2H3,(H,22,23);1H. The molecule has 8 heteroatoms. The Morgan fingerprint density at radius 2 is 1.75 bits per heavy atom. The van der Waals surface area contributed by atoms with Gasteiger partial charge in [-0.15, -0.1) is 24.0 Å². The molecule has 2 aromatic carbocycles. The lowest BCUT2D eigenvalue weighted by atomic mass is 10.1. The molecule has 0 bridgehead atoms. The molecule has 1 heterocycles. The van der Waals surface area contributed by atoms with Gasteiger partial charge in [0.05, 0.1) is 11.1 Å². The first-order valence-electron chi connectivity index (χ1n) is 8.62. The molecule has 2 aromatic rings. The Hall–Kier alpha value is -2.49. The highest BCUT2D eigenvalue weighted by molar-refractivity contribution is 14.0. The SMILES string of the molecule is CN=C(NCCN1C(=O)c2ccccc2C1=O)N(C)Cc1cccc(F)c1.I. The van der Waals surface area contributed by atoms with E-state index >= 15 is 0 Å². The fourth-order valence-electron chi connectivity index (χ4n) is 3.09. The first kappa shape index (κ1) is 21.8. The van der Waals surface area contributed by atoms with Gasteiger partial charge in [0, 0.05) is 33.7 Å². The molecule has 6 nitrogen and oxygen atoms in total. The summed E-state index contributed by atoms with van der Waals surface area (Å²) >= 11 is 0. The van der Waals surface area contributed by atoms with Gasteiger partial charge < -0.3 is 10.2 Å². The summed E-state index contributed by atoms with van der Waals surface area (Å²) in [7, 11) is 3.48. The van der Waals surface area contributed by atoms with Gasteiger partial charge >= 0.3 is 0 Å². The summed E-state index contributed by atoms with van der Waals surface area (Å²) in [5, 5.41) is 3.13. The molecule has 1 N–H and O–H groups in total. The highest BCUT2D eigenvalue weighted by Gasteiger charge is 2.34. The van der Waals surface area contributed by atoms with Crippen molar-refractivity contribution in [1.82, 2.24) is 15.1 Å². The van der Waals surface area contributed by atoms with Crippen LogP contribution in [0, 0.1) is 5.82 Å². The van der Waals surface area contributed by atoms with Crippen molar-refractivity contribution in [3.63, 3.8) is 0 Å². The van der Waals surface area contributed by atoms with E-state index in [0.717, 1.165) is 5.56 Å². The summed E-state index contributed by atoms with van der Waals surface area (Å²) in [6, 6.07) is 13.2. The number of hydrogen-bond acceptors (Lipinski definition) is 3. The van der Waals surface area contributed by atoms with Crippen LogP contribution in [0.3, 0.4) is 0 Å². The molecule has 1 aliphatic heterocycles. The summed E-state index contributed by atoms with van der Waals surface area (Å²) < 4.78 is 13.3. The average molecular weight is 496 g/mol. The normalized spacial score (nSPS) is 13.2. The van der Waals surface area contributed by atoms with Crippen molar-refractivity contribution < 1.29 is 14.0 Å². The fraction of sp³-hybridized carbons (Fsp3) is 0.250. The van der Waals surface area contributed by atoms with Gasteiger partial charge in [0.25, 0.3) is 11.8 Å². The van der Waals surface area contributed by atoms with Crippen LogP contribution in [0.5, 0.6) is 0 Å². The molecule has 28 heavy (non-hydrogen) atoms. The Labute approximate surface area is 180 Å². The number of fused-ring (bicyclic) bond motifs is 1. The number of hydrogen-bond donors (Lipinski definition) is 1. The van der Waals surface area contributed by atoms with Gasteiger partial charge in [-0.25, -0.2) is 4.39 Å². The second kappa shape index (κ2) is 9.63. The van der Waals surface area contributed by atoms with E-state index in [9.17, 15) is 14.0 Å². The topological polar surface area (TPSA) is 65.0 Å². The van der Waals surface area contributed by atoms with E-state index in [1.165, 1.54) is 17.0 Å². The van der Waals surface area contributed by atoms with Gasteiger partial charge in [0.15, 0.2) is 5.96 Å². The minimum absolute atomic E-state index is 0. The number of guanidine groups is 1. The zero-order valence-electron chi connectivity index (χ0n) is 15.7. The lowest BCUT2D eigenvalue weighted by Gasteiger charge is -2.23. The first-order chi connectivity index (χ1) is 13.0. The Balaban J connectivity index is 0.00000280. The van der Waals surface area contributed by atoms with Crippen LogP contribution in [0.4, 0.5) is 4.39 Å². The van der Waals surface area contributed by atoms with E-state index < -0.39 is 0 Å². The summed E-state index contributed by atoms with van der Waals surface area (Å²) in [5.74, 6) is -0.244. The van der Waals surface area contributed by atoms with Crippen LogP contribution < -0.4 is 5.32 Å². The third kappa shape index (κ3) is 4.67. The summed E-state index contributed by atoms with van der Waals surface area (Å²) in [6.07, 6.45) is 0. The predicted octanol–water partition coefficient (Wildman–Crippen LogP) is 2.75. The number of nitrogens with one attached hydrogen (secondary N) is 1. The largest absolute Gasteiger partial charge is 0.354 e. The van der Waals surface area contributed by atoms with Gasteiger partial charge in [0.2, 0.25) is 0 Å². The quantitative estimate of drug-likeness (QED) is 0.300. The summed E-state index contributed by atoms with van der Waals surface area (Å²) in [4.78, 5) is 32.0. The monoisotopic (exact) mass is 496 g/mol. The van der Waals surface area contributed by atoms with E-state index in [2.05, 4.69) is 10.3 Å². The summed E-state index contributed by atoms with van der Waals surface area (Å²) in [5.41, 5.74) is 1.70. The molecule has 0 spiro atoms. The van der Waals surface area contributed by atoms with Crippen molar-refractivity contribution in [2.75, 3.05) is 27.2 Å². The highest BCUT2D eigenvalue weighted by atomic mass is 127. The predicted molar refractivity (Wildman–Crippen MR) is 116 cm³/mol. The smallest absolute Gasteiger partial charge is 0.261 e. The minimum Gasteiger partial charge on any atom is -0.354 e. The molecule has 3 rings (SSSR count). The maximum Gasteiger partial charge on any atom is 0.261 e. The number of aliphatic imine (C=N–C) groups is 1. The molecule has 1 aliphatic rings. The van der Waals surface area contributed by atoms with Gasteiger partial charge in [-0.05, 0) is 29.8 Å². The zero-order valence-corrected chi connectivity index (χ0v) is 18.0. The molecule has 0 radical (unpaired) electrons. The molecular weight excluding hydrogens is 474 g/mol. The van der Waals surface area contributed by atoms with E-state index in [0.29, 0.717) is 30.2 Å². The van der Waals surface area contributed by atoms with Crippen molar-refractivity contribution in [3.05, 3.63) is 71.0 Å². The third-order valence-electron chi connectivity index (χ3n) is 4.38. The lowest BCUT2D eigenvalue weighted by Crippen LogP contribution is -2.43. The Morgan fingerprint density at radius 1 is 1.11 bits per heavy atom. The Morgan fingerprint density at radius 3 is 2.32 bits per heavy atom. The van der Waals surface area contributed by atoms with Crippen molar-refractivity contribution in [2.24, 2.45) is 4.99 Å². The van der Waals surface area contributed by atoms with E-state index in [1.54, 1.807) is 37.4 Å². The highest BCUT2D eigenvalue weighted by Crippen LogP contribution is 2.21. The molecule has 0 unspecified atom stereocenters. The van der Waals surface area contributed by atoms with Crippen LogP contribution in [0.25, 0.3) is 0 Å². The number of rotatable bonds is 5. The lowest BCUT2D eigenvalue weighted by molar-refractivity contribution is 0.0657. The molecule has 0 saturated heterocycles. The first-order valence-corrected chi connectivity index (χ1v) is 8.62. The van der Waals surface area contributed by atoms with Crippen LogP contribution in [0.1, 0.15) is 26.3 Å². The molecule has 0 saturated carbocycles. The van der Waals surface area contributed by atoms with Gasteiger partial charge in [-0.3, -0.25) is 19.5 Å². The van der Waals surface area contributed by atoms with Crippen LogP contribution in [0.2, 0.25) is 0 Å². The fourth-order valence-corrected chi connectivity index (χ4v) is 3.09. The van der Waals surface area contributed by atoms with Crippen LogP contribution in [0.15, 0.2) is 53.5 Å². The van der Waals surface area contributed by atoms with Gasteiger partial charge in [-0.1, -0.05) is 24.3 Å². The number of nitrogens with zero attached hydrogens (tertiary/aromatic N) is 3. The Bertz CT molecular complexity index is 868. The maximum absolute atomic E-state index is 13.3. The van der Waals surface area contributed by atoms with E-state index in [-0.39, 0.29) is 48.2 Å². The van der Waals surface area contributed by atoms with Crippen LogP contribution in [-0.4, -0.2) is 54.8 Å². The second-order valence-corrected chi connectivity index (χ2v) is 6.27.